The summed E-state index contributed by atoms with van der Waals surface area (Å²) in [6, 6.07) is 7.99. The van der Waals surface area contributed by atoms with E-state index in [2.05, 4.69) is 16.9 Å². The van der Waals surface area contributed by atoms with E-state index in [0.29, 0.717) is 0 Å². The first-order chi connectivity index (χ1) is 11.0. The molecule has 1 saturated heterocycles. The number of aryl methyl sites for hydroxylation is 1. The van der Waals surface area contributed by atoms with Gasteiger partial charge in [-0.3, -0.25) is 4.79 Å². The fraction of sp³-hybridized carbons (Fsp3) is 0.500. The van der Waals surface area contributed by atoms with Crippen molar-refractivity contribution in [3.63, 3.8) is 0 Å². The highest BCUT2D eigenvalue weighted by molar-refractivity contribution is 8.00. The van der Waals surface area contributed by atoms with E-state index in [1.165, 1.54) is 0 Å². The number of hydrogen-bond acceptors (Lipinski definition) is 4. The third-order valence-electron chi connectivity index (χ3n) is 4.41. The summed E-state index contributed by atoms with van der Waals surface area (Å²) in [4.78, 5) is 23.7. The molecule has 0 spiro atoms. The van der Waals surface area contributed by atoms with Crippen LogP contribution in [0.3, 0.4) is 0 Å². The van der Waals surface area contributed by atoms with Gasteiger partial charge in [-0.25, -0.2) is 9.97 Å². The highest BCUT2D eigenvalue weighted by Crippen LogP contribution is 2.30. The van der Waals surface area contributed by atoms with E-state index < -0.39 is 0 Å². The van der Waals surface area contributed by atoms with Gasteiger partial charge in [0, 0.05) is 18.5 Å². The van der Waals surface area contributed by atoms with Crippen LogP contribution >= 0.6 is 11.8 Å². The zero-order chi connectivity index (χ0) is 16.4. The second-order valence-corrected chi connectivity index (χ2v) is 7.69. The van der Waals surface area contributed by atoms with Crippen molar-refractivity contribution < 1.29 is 4.79 Å². The van der Waals surface area contributed by atoms with Crippen LogP contribution in [0.15, 0.2) is 29.3 Å². The number of benzene rings is 1. The summed E-state index contributed by atoms with van der Waals surface area (Å²) in [5, 5.41) is 1.80. The molecule has 1 atom stereocenters. The molecule has 0 N–H and O–H groups in total. The predicted molar refractivity (Wildman–Crippen MR) is 94.6 cm³/mol. The monoisotopic (exact) mass is 329 g/mol. The van der Waals surface area contributed by atoms with Gasteiger partial charge in [-0.05, 0) is 38.7 Å². The Morgan fingerprint density at radius 1 is 1.26 bits per heavy atom. The summed E-state index contributed by atoms with van der Waals surface area (Å²) < 4.78 is 0. The molecule has 0 radical (unpaired) electrons. The fourth-order valence-corrected chi connectivity index (χ4v) is 4.02. The fourth-order valence-electron chi connectivity index (χ4n) is 2.95. The summed E-state index contributed by atoms with van der Waals surface area (Å²) >= 11 is 1.55. The summed E-state index contributed by atoms with van der Waals surface area (Å²) in [5.41, 5.74) is 0.939. The normalized spacial score (nSPS) is 17.4. The van der Waals surface area contributed by atoms with E-state index in [4.69, 9.17) is 0 Å². The summed E-state index contributed by atoms with van der Waals surface area (Å²) in [6.45, 7) is 7.91. The number of aromatic nitrogens is 2. The molecule has 1 fully saturated rings. The van der Waals surface area contributed by atoms with Crippen LogP contribution in [0.5, 0.6) is 0 Å². The van der Waals surface area contributed by atoms with Gasteiger partial charge in [-0.1, -0.05) is 36.9 Å². The molecule has 1 unspecified atom stereocenters. The molecule has 0 saturated carbocycles. The first-order valence-electron chi connectivity index (χ1n) is 8.23. The summed E-state index contributed by atoms with van der Waals surface area (Å²) in [6.07, 6.45) is 2.22. The Balaban J connectivity index is 1.77. The number of piperidine rings is 1. The summed E-state index contributed by atoms with van der Waals surface area (Å²) in [7, 11) is 0. The second kappa shape index (κ2) is 6.87. The molecule has 1 amide bonds. The standard InChI is InChI=1S/C18H23N3OS/c1-12-8-10-21(11-9-12)18(22)13(2)23-17-15-6-4-5-7-16(15)19-14(3)20-17/h4-7,12-13H,8-11H2,1-3H3. The number of fused-ring (bicyclic) bond motifs is 1. The Morgan fingerprint density at radius 2 is 1.96 bits per heavy atom. The van der Waals surface area contributed by atoms with E-state index in [-0.39, 0.29) is 11.2 Å². The lowest BCUT2D eigenvalue weighted by atomic mass is 9.99. The average Bonchev–Trinajstić information content (AvgIpc) is 2.54. The third-order valence-corrected chi connectivity index (χ3v) is 5.50. The number of carbonyl (C=O) groups excluding carboxylic acids is 1. The highest BCUT2D eigenvalue weighted by Gasteiger charge is 2.25. The van der Waals surface area contributed by atoms with Crippen molar-refractivity contribution in [1.29, 1.82) is 0 Å². The Bertz CT molecular complexity index is 710. The molecule has 4 nitrogen and oxygen atoms in total. The predicted octanol–water partition coefficient (Wildman–Crippen LogP) is 3.68. The van der Waals surface area contributed by atoms with Crippen LogP contribution in [0.1, 0.15) is 32.5 Å². The maximum Gasteiger partial charge on any atom is 0.235 e. The molecule has 0 bridgehead atoms. The number of nitrogens with zero attached hydrogens (tertiary/aromatic N) is 3. The molecule has 1 aliphatic rings. The topological polar surface area (TPSA) is 46.1 Å². The number of thioether (sulfide) groups is 1. The number of rotatable bonds is 3. The molecular formula is C18H23N3OS. The van der Waals surface area contributed by atoms with Crippen molar-refractivity contribution in [2.24, 2.45) is 5.92 Å². The van der Waals surface area contributed by atoms with E-state index in [1.807, 2.05) is 43.0 Å². The van der Waals surface area contributed by atoms with Crippen molar-refractivity contribution in [3.8, 4) is 0 Å². The average molecular weight is 329 g/mol. The maximum atomic E-state index is 12.7. The van der Waals surface area contributed by atoms with Crippen molar-refractivity contribution >= 4 is 28.6 Å². The zero-order valence-electron chi connectivity index (χ0n) is 14.0. The highest BCUT2D eigenvalue weighted by atomic mass is 32.2. The van der Waals surface area contributed by atoms with Crippen molar-refractivity contribution in [3.05, 3.63) is 30.1 Å². The number of hydrogen-bond donors (Lipinski definition) is 0. The minimum atomic E-state index is -0.124. The SMILES string of the molecule is Cc1nc(SC(C)C(=O)N2CCC(C)CC2)c2ccccc2n1. The maximum absolute atomic E-state index is 12.7. The molecule has 122 valence electrons. The van der Waals surface area contributed by atoms with Crippen LogP contribution in [-0.2, 0) is 4.79 Å². The van der Waals surface area contributed by atoms with Gasteiger partial charge < -0.3 is 4.90 Å². The second-order valence-electron chi connectivity index (χ2n) is 6.36. The third kappa shape index (κ3) is 3.66. The lowest BCUT2D eigenvalue weighted by Crippen LogP contribution is -2.41. The largest absolute Gasteiger partial charge is 0.342 e. The minimum absolute atomic E-state index is 0.124. The lowest BCUT2D eigenvalue weighted by Gasteiger charge is -2.32. The van der Waals surface area contributed by atoms with E-state index in [0.717, 1.165) is 53.6 Å². The van der Waals surface area contributed by atoms with Crippen LogP contribution in [-0.4, -0.2) is 39.1 Å². The van der Waals surface area contributed by atoms with Gasteiger partial charge in [0.15, 0.2) is 0 Å². The Labute approximate surface area is 141 Å². The van der Waals surface area contributed by atoms with E-state index >= 15 is 0 Å². The molecule has 0 aliphatic carbocycles. The molecule has 2 aromatic rings. The summed E-state index contributed by atoms with van der Waals surface area (Å²) in [5.74, 6) is 1.70. The Hall–Kier alpha value is -1.62. The van der Waals surface area contributed by atoms with E-state index in [1.54, 1.807) is 11.8 Å². The quantitative estimate of drug-likeness (QED) is 0.636. The molecule has 3 rings (SSSR count). The molecule has 1 aromatic carbocycles. The van der Waals surface area contributed by atoms with E-state index in [9.17, 15) is 4.79 Å². The van der Waals surface area contributed by atoms with Gasteiger partial charge in [0.2, 0.25) is 5.91 Å². The number of amides is 1. The number of likely N-dealkylation sites (tertiary alicyclic amines) is 1. The van der Waals surface area contributed by atoms with Crippen LogP contribution in [0.2, 0.25) is 0 Å². The minimum Gasteiger partial charge on any atom is -0.342 e. The van der Waals surface area contributed by atoms with Gasteiger partial charge >= 0.3 is 0 Å². The molecule has 1 aliphatic heterocycles. The first-order valence-corrected chi connectivity index (χ1v) is 9.11. The van der Waals surface area contributed by atoms with Crippen LogP contribution < -0.4 is 0 Å². The Morgan fingerprint density at radius 3 is 2.70 bits per heavy atom. The van der Waals surface area contributed by atoms with Crippen LogP contribution in [0, 0.1) is 12.8 Å². The van der Waals surface area contributed by atoms with Gasteiger partial charge in [0.05, 0.1) is 10.8 Å². The van der Waals surface area contributed by atoms with Crippen molar-refractivity contribution in [2.45, 2.75) is 43.9 Å². The smallest absolute Gasteiger partial charge is 0.235 e. The molecule has 5 heteroatoms. The number of carbonyl (C=O) groups is 1. The van der Waals surface area contributed by atoms with Crippen molar-refractivity contribution in [1.82, 2.24) is 14.9 Å². The van der Waals surface area contributed by atoms with Gasteiger partial charge in [0.25, 0.3) is 0 Å². The molecular weight excluding hydrogens is 306 g/mol. The molecule has 2 heterocycles. The Kier molecular flexibility index (Phi) is 4.85. The van der Waals surface area contributed by atoms with Crippen LogP contribution in [0.25, 0.3) is 10.9 Å². The van der Waals surface area contributed by atoms with Crippen LogP contribution in [0.4, 0.5) is 0 Å². The molecule has 1 aromatic heterocycles. The number of para-hydroxylation sites is 1. The molecule has 23 heavy (non-hydrogen) atoms. The van der Waals surface area contributed by atoms with Crippen molar-refractivity contribution in [2.75, 3.05) is 13.1 Å². The first kappa shape index (κ1) is 16.2. The van der Waals surface area contributed by atoms with Gasteiger partial charge in [-0.2, -0.15) is 0 Å². The van der Waals surface area contributed by atoms with Gasteiger partial charge in [0.1, 0.15) is 10.9 Å². The lowest BCUT2D eigenvalue weighted by molar-refractivity contribution is -0.131. The van der Waals surface area contributed by atoms with Gasteiger partial charge in [-0.15, -0.1) is 0 Å². The zero-order valence-corrected chi connectivity index (χ0v) is 14.8.